The number of hydrogen-bond acceptors (Lipinski definition) is 3. The number of halogens is 2. The molecule has 4 heterocycles. The van der Waals surface area contributed by atoms with Gasteiger partial charge in [0.1, 0.15) is 5.65 Å². The third-order valence-corrected chi connectivity index (χ3v) is 7.30. The number of rotatable bonds is 6. The van der Waals surface area contributed by atoms with Gasteiger partial charge >= 0.3 is 0 Å². The fourth-order valence-corrected chi connectivity index (χ4v) is 4.86. The largest absolute Gasteiger partial charge is 0.370 e. The predicted octanol–water partition coefficient (Wildman–Crippen LogP) is 6.53. The molecule has 0 bridgehead atoms. The lowest BCUT2D eigenvalue weighted by Gasteiger charge is -2.18. The molecule has 0 radical (unpaired) electrons. The Morgan fingerprint density at radius 1 is 1.27 bits per heavy atom. The van der Waals surface area contributed by atoms with Gasteiger partial charge in [-0.25, -0.2) is 4.98 Å². The Kier molecular flexibility index (Phi) is 7.01. The highest BCUT2D eigenvalue weighted by Gasteiger charge is 2.28. The van der Waals surface area contributed by atoms with E-state index in [1.807, 2.05) is 31.6 Å². The van der Waals surface area contributed by atoms with Gasteiger partial charge in [-0.2, -0.15) is 0 Å². The van der Waals surface area contributed by atoms with Crippen molar-refractivity contribution in [2.75, 3.05) is 18.0 Å². The van der Waals surface area contributed by atoms with E-state index >= 15 is 0 Å². The van der Waals surface area contributed by atoms with E-state index in [1.54, 1.807) is 23.6 Å². The number of anilines is 1. The van der Waals surface area contributed by atoms with Gasteiger partial charge in [0, 0.05) is 54.1 Å². The lowest BCUT2D eigenvalue weighted by molar-refractivity contribution is 0.440. The van der Waals surface area contributed by atoms with Crippen LogP contribution in [0.3, 0.4) is 0 Å². The average Bonchev–Trinajstić information content (AvgIpc) is 3.37. The Morgan fingerprint density at radius 2 is 2.06 bits per heavy atom. The molecule has 0 saturated carbocycles. The lowest BCUT2D eigenvalue weighted by atomic mass is 9.96. The molecule has 1 fully saturated rings. The smallest absolute Gasteiger partial charge is 0.251 e. The highest BCUT2D eigenvalue weighted by molar-refractivity contribution is 6.40. The Hall–Kier alpha value is -2.50. The van der Waals surface area contributed by atoms with Crippen LogP contribution in [0.1, 0.15) is 34.1 Å². The first-order valence-corrected chi connectivity index (χ1v) is 12.1. The second-order valence-electron chi connectivity index (χ2n) is 9.10. The minimum absolute atomic E-state index is 0.0689. The van der Waals surface area contributed by atoms with Gasteiger partial charge in [-0.3, -0.25) is 4.79 Å². The van der Waals surface area contributed by atoms with Crippen LogP contribution in [0.4, 0.5) is 5.69 Å². The van der Waals surface area contributed by atoms with Crippen LogP contribution in [-0.2, 0) is 6.54 Å². The molecular formula is C26H30Cl2N4O. The summed E-state index contributed by atoms with van der Waals surface area (Å²) in [5, 5.41) is 2.04. The zero-order chi connectivity index (χ0) is 23.7. The first kappa shape index (κ1) is 23.7. The quantitative estimate of drug-likeness (QED) is 0.404. The molecule has 2 atom stereocenters. The Morgan fingerprint density at radius 3 is 2.73 bits per heavy atom. The van der Waals surface area contributed by atoms with E-state index in [1.165, 1.54) is 6.42 Å². The summed E-state index contributed by atoms with van der Waals surface area (Å²) in [6.45, 7) is 10.8. The number of pyridine rings is 2. The van der Waals surface area contributed by atoms with Gasteiger partial charge < -0.3 is 14.5 Å². The van der Waals surface area contributed by atoms with E-state index in [9.17, 15) is 4.79 Å². The summed E-state index contributed by atoms with van der Waals surface area (Å²) in [4.78, 5) is 23.2. The molecule has 0 amide bonds. The Bertz CT molecular complexity index is 1280. The number of nitrogens with one attached hydrogen (secondary N) is 1. The number of aromatic amines is 1. The third kappa shape index (κ3) is 5.04. The monoisotopic (exact) mass is 484 g/mol. The van der Waals surface area contributed by atoms with Crippen molar-refractivity contribution in [1.29, 1.82) is 0 Å². The standard InChI is InChI=1S/C26H30Cl2N4O/c1-5-19-15-32(14-17(19)3)21-10-22-23(12-30-26(22)29-11-21)20-6-7-31(25(33)9-20)13-16(2)8-24(28)18(4)27/h6-12,17,19H,5,13-15H2,1-4H3,(H,29,30)/b16-8+,24-18-. The second kappa shape index (κ2) is 9.78. The topological polar surface area (TPSA) is 53.9 Å². The molecule has 1 N–H and O–H groups in total. The molecule has 3 aromatic heterocycles. The van der Waals surface area contributed by atoms with Gasteiger partial charge in [-0.05, 0) is 49.5 Å². The Balaban J connectivity index is 1.62. The van der Waals surface area contributed by atoms with Gasteiger partial charge in [-0.15, -0.1) is 0 Å². The van der Waals surface area contributed by atoms with Gasteiger partial charge in [0.2, 0.25) is 0 Å². The summed E-state index contributed by atoms with van der Waals surface area (Å²) in [5.41, 5.74) is 4.70. The first-order valence-electron chi connectivity index (χ1n) is 11.4. The second-order valence-corrected chi connectivity index (χ2v) is 10.1. The lowest BCUT2D eigenvalue weighted by Crippen LogP contribution is -2.20. The zero-order valence-electron chi connectivity index (χ0n) is 19.5. The summed E-state index contributed by atoms with van der Waals surface area (Å²) >= 11 is 12.0. The summed E-state index contributed by atoms with van der Waals surface area (Å²) in [6.07, 6.45) is 8.69. The van der Waals surface area contributed by atoms with Gasteiger partial charge in [-0.1, -0.05) is 49.0 Å². The fourth-order valence-electron chi connectivity index (χ4n) is 4.62. The summed E-state index contributed by atoms with van der Waals surface area (Å²) < 4.78 is 1.66. The van der Waals surface area contributed by atoms with E-state index < -0.39 is 0 Å². The van der Waals surface area contributed by atoms with Gasteiger partial charge in [0.25, 0.3) is 5.56 Å². The van der Waals surface area contributed by atoms with Crippen molar-refractivity contribution in [1.82, 2.24) is 14.5 Å². The van der Waals surface area contributed by atoms with E-state index in [2.05, 4.69) is 34.8 Å². The number of nitrogens with zero attached hydrogens (tertiary/aromatic N) is 3. The minimum Gasteiger partial charge on any atom is -0.370 e. The van der Waals surface area contributed by atoms with Crippen LogP contribution in [-0.4, -0.2) is 27.6 Å². The van der Waals surface area contributed by atoms with Crippen LogP contribution in [0, 0.1) is 11.8 Å². The normalized spacial score (nSPS) is 19.9. The van der Waals surface area contributed by atoms with Crippen molar-refractivity contribution in [3.05, 3.63) is 68.9 Å². The van der Waals surface area contributed by atoms with E-state index in [-0.39, 0.29) is 5.56 Å². The predicted molar refractivity (Wildman–Crippen MR) is 139 cm³/mol. The van der Waals surface area contributed by atoms with Crippen LogP contribution in [0.5, 0.6) is 0 Å². The minimum atomic E-state index is -0.0689. The van der Waals surface area contributed by atoms with Gasteiger partial charge in [0.05, 0.1) is 16.9 Å². The molecule has 7 heteroatoms. The SMILES string of the molecule is CCC1CN(c2cnc3[nH]cc(-c4ccn(C/C(C)=C/C(Cl)=C(\C)Cl)c(=O)c4)c3c2)CC1C. The molecule has 0 spiro atoms. The van der Waals surface area contributed by atoms with Gasteiger partial charge in [0.15, 0.2) is 0 Å². The van der Waals surface area contributed by atoms with Crippen molar-refractivity contribution in [3.63, 3.8) is 0 Å². The van der Waals surface area contributed by atoms with Crippen LogP contribution in [0.15, 0.2) is 63.3 Å². The van der Waals surface area contributed by atoms with Crippen LogP contribution >= 0.6 is 23.2 Å². The number of fused-ring (bicyclic) bond motifs is 1. The summed E-state index contributed by atoms with van der Waals surface area (Å²) in [5.74, 6) is 1.40. The summed E-state index contributed by atoms with van der Waals surface area (Å²) in [7, 11) is 0. The molecule has 1 saturated heterocycles. The molecular weight excluding hydrogens is 455 g/mol. The first-order chi connectivity index (χ1) is 15.8. The number of allylic oxidation sites excluding steroid dienone is 4. The maximum Gasteiger partial charge on any atom is 0.251 e. The zero-order valence-corrected chi connectivity index (χ0v) is 21.0. The Labute approximate surface area is 204 Å². The van der Waals surface area contributed by atoms with Crippen molar-refractivity contribution in [2.45, 2.75) is 40.7 Å². The van der Waals surface area contributed by atoms with E-state index in [4.69, 9.17) is 23.2 Å². The average molecular weight is 485 g/mol. The molecule has 2 unspecified atom stereocenters. The molecule has 0 aromatic carbocycles. The third-order valence-electron chi connectivity index (χ3n) is 6.60. The number of aromatic nitrogens is 3. The van der Waals surface area contributed by atoms with Crippen molar-refractivity contribution in [2.24, 2.45) is 11.8 Å². The molecule has 0 aliphatic carbocycles. The highest BCUT2D eigenvalue weighted by atomic mass is 35.5. The van der Waals surface area contributed by atoms with Crippen molar-refractivity contribution < 1.29 is 0 Å². The maximum atomic E-state index is 12.8. The van der Waals surface area contributed by atoms with Crippen molar-refractivity contribution >= 4 is 39.9 Å². The summed E-state index contributed by atoms with van der Waals surface area (Å²) in [6, 6.07) is 5.84. The molecule has 1 aliphatic rings. The van der Waals surface area contributed by atoms with Crippen molar-refractivity contribution in [3.8, 4) is 11.1 Å². The van der Waals surface area contributed by atoms with Crippen LogP contribution < -0.4 is 10.5 Å². The van der Waals surface area contributed by atoms with Crippen LogP contribution in [0.2, 0.25) is 0 Å². The van der Waals surface area contributed by atoms with E-state index in [0.717, 1.165) is 52.4 Å². The van der Waals surface area contributed by atoms with E-state index in [0.29, 0.717) is 22.5 Å². The molecule has 5 nitrogen and oxygen atoms in total. The van der Waals surface area contributed by atoms with Crippen LogP contribution in [0.25, 0.3) is 22.2 Å². The molecule has 33 heavy (non-hydrogen) atoms. The molecule has 3 aromatic rings. The molecule has 1 aliphatic heterocycles. The fraction of sp³-hybridized carbons (Fsp3) is 0.385. The maximum absolute atomic E-state index is 12.8. The highest BCUT2D eigenvalue weighted by Crippen LogP contribution is 2.33. The molecule has 4 rings (SSSR count). The number of H-pyrrole nitrogens is 1. The number of hydrogen-bond donors (Lipinski definition) is 1. The molecule has 174 valence electrons.